The summed E-state index contributed by atoms with van der Waals surface area (Å²) < 4.78 is 0. The Balaban J connectivity index is 2.30. The van der Waals surface area contributed by atoms with Crippen molar-refractivity contribution in [2.24, 2.45) is 0 Å². The predicted octanol–water partition coefficient (Wildman–Crippen LogP) is 2.96. The van der Waals surface area contributed by atoms with Gasteiger partial charge in [0.2, 0.25) is 11.2 Å². The number of likely N-dealkylation sites (N-methyl/N-ethyl adjacent to an activating group) is 2. The standard InChI is InChI=1S/C14H19ClN4OS/c1-5-19(6-2)11(20)8-18(4)12-10-7-9(3)21-13(10)17-14(15)16-12/h7H,5-6,8H2,1-4H3. The van der Waals surface area contributed by atoms with Gasteiger partial charge < -0.3 is 9.80 Å². The summed E-state index contributed by atoms with van der Waals surface area (Å²) in [4.78, 5) is 26.4. The van der Waals surface area contributed by atoms with Gasteiger partial charge in [-0.2, -0.15) is 4.98 Å². The lowest BCUT2D eigenvalue weighted by Crippen LogP contribution is -2.39. The van der Waals surface area contributed by atoms with Crippen LogP contribution in [0, 0.1) is 6.92 Å². The maximum Gasteiger partial charge on any atom is 0.242 e. The van der Waals surface area contributed by atoms with Gasteiger partial charge in [-0.05, 0) is 38.4 Å². The number of fused-ring (bicyclic) bond motifs is 1. The number of amides is 1. The van der Waals surface area contributed by atoms with Crippen LogP contribution in [0.25, 0.3) is 10.2 Å². The minimum atomic E-state index is 0.0809. The van der Waals surface area contributed by atoms with Crippen molar-refractivity contribution in [3.8, 4) is 0 Å². The highest BCUT2D eigenvalue weighted by atomic mass is 35.5. The van der Waals surface area contributed by atoms with Crippen LogP contribution in [0.3, 0.4) is 0 Å². The molecule has 0 atom stereocenters. The van der Waals surface area contributed by atoms with E-state index in [-0.39, 0.29) is 17.7 Å². The van der Waals surface area contributed by atoms with Crippen LogP contribution >= 0.6 is 22.9 Å². The molecule has 0 fully saturated rings. The molecule has 21 heavy (non-hydrogen) atoms. The molecule has 0 spiro atoms. The number of carbonyl (C=O) groups excluding carboxylic acids is 1. The smallest absolute Gasteiger partial charge is 0.242 e. The van der Waals surface area contributed by atoms with Gasteiger partial charge in [-0.25, -0.2) is 4.98 Å². The van der Waals surface area contributed by atoms with Gasteiger partial charge >= 0.3 is 0 Å². The van der Waals surface area contributed by atoms with E-state index in [1.165, 1.54) is 0 Å². The summed E-state index contributed by atoms with van der Waals surface area (Å²) in [6.07, 6.45) is 0. The number of aryl methyl sites for hydroxylation is 1. The Bertz CT molecular complexity index is 654. The van der Waals surface area contributed by atoms with E-state index >= 15 is 0 Å². The topological polar surface area (TPSA) is 49.3 Å². The molecular weight excluding hydrogens is 308 g/mol. The number of carbonyl (C=O) groups is 1. The number of anilines is 1. The van der Waals surface area contributed by atoms with Gasteiger partial charge in [0.25, 0.3) is 0 Å². The van der Waals surface area contributed by atoms with Crippen LogP contribution in [0.2, 0.25) is 5.28 Å². The van der Waals surface area contributed by atoms with Crippen LogP contribution in [0.4, 0.5) is 5.82 Å². The number of hydrogen-bond acceptors (Lipinski definition) is 5. The monoisotopic (exact) mass is 326 g/mol. The third-order valence-corrected chi connectivity index (χ3v) is 4.43. The Labute approximate surface area is 133 Å². The zero-order chi connectivity index (χ0) is 15.6. The lowest BCUT2D eigenvalue weighted by atomic mass is 10.3. The van der Waals surface area contributed by atoms with Crippen molar-refractivity contribution in [3.63, 3.8) is 0 Å². The van der Waals surface area contributed by atoms with E-state index < -0.39 is 0 Å². The first-order chi connectivity index (χ1) is 9.96. The molecule has 1 amide bonds. The van der Waals surface area contributed by atoms with Crippen LogP contribution in [0.15, 0.2) is 6.07 Å². The molecule has 0 aromatic carbocycles. The minimum absolute atomic E-state index is 0.0809. The molecule has 0 aliphatic rings. The van der Waals surface area contributed by atoms with Crippen molar-refractivity contribution in [1.82, 2.24) is 14.9 Å². The largest absolute Gasteiger partial charge is 0.350 e. The molecule has 2 aromatic rings. The number of thiophene rings is 1. The first kappa shape index (κ1) is 16.0. The maximum absolute atomic E-state index is 12.2. The van der Waals surface area contributed by atoms with E-state index in [4.69, 9.17) is 11.6 Å². The highest BCUT2D eigenvalue weighted by Crippen LogP contribution is 2.31. The second kappa shape index (κ2) is 6.58. The molecule has 0 unspecified atom stereocenters. The third kappa shape index (κ3) is 3.44. The normalized spacial score (nSPS) is 10.9. The number of hydrogen-bond donors (Lipinski definition) is 0. The summed E-state index contributed by atoms with van der Waals surface area (Å²) in [5.41, 5.74) is 0. The van der Waals surface area contributed by atoms with Crippen molar-refractivity contribution < 1.29 is 4.79 Å². The summed E-state index contributed by atoms with van der Waals surface area (Å²) in [6.45, 7) is 7.66. The third-order valence-electron chi connectivity index (χ3n) is 3.32. The van der Waals surface area contributed by atoms with Gasteiger partial charge in [-0.3, -0.25) is 4.79 Å². The molecule has 2 aromatic heterocycles. The predicted molar refractivity (Wildman–Crippen MR) is 88.4 cm³/mol. The van der Waals surface area contributed by atoms with E-state index in [1.807, 2.05) is 38.8 Å². The summed E-state index contributed by atoms with van der Waals surface area (Å²) in [7, 11) is 1.85. The molecule has 2 rings (SSSR count). The summed E-state index contributed by atoms with van der Waals surface area (Å²) >= 11 is 7.57. The Kier molecular flexibility index (Phi) is 5.00. The van der Waals surface area contributed by atoms with Crippen LogP contribution in [0.5, 0.6) is 0 Å². The lowest BCUT2D eigenvalue weighted by Gasteiger charge is -2.24. The van der Waals surface area contributed by atoms with Crippen molar-refractivity contribution >= 4 is 44.9 Å². The number of halogens is 1. The van der Waals surface area contributed by atoms with Gasteiger partial charge in [0.15, 0.2) is 0 Å². The fourth-order valence-corrected chi connectivity index (χ4v) is 3.34. The highest BCUT2D eigenvalue weighted by molar-refractivity contribution is 7.18. The Hall–Kier alpha value is -1.40. The van der Waals surface area contributed by atoms with E-state index in [0.717, 1.165) is 15.1 Å². The Morgan fingerprint density at radius 3 is 2.62 bits per heavy atom. The van der Waals surface area contributed by atoms with Crippen LogP contribution < -0.4 is 4.90 Å². The molecule has 2 heterocycles. The van der Waals surface area contributed by atoms with E-state index in [2.05, 4.69) is 9.97 Å². The summed E-state index contributed by atoms with van der Waals surface area (Å²) in [5.74, 6) is 0.784. The van der Waals surface area contributed by atoms with Gasteiger partial charge in [0.1, 0.15) is 10.6 Å². The zero-order valence-corrected chi connectivity index (χ0v) is 14.3. The van der Waals surface area contributed by atoms with Crippen molar-refractivity contribution in [1.29, 1.82) is 0 Å². The minimum Gasteiger partial charge on any atom is -0.350 e. The first-order valence-corrected chi connectivity index (χ1v) is 8.08. The SMILES string of the molecule is CCN(CC)C(=O)CN(C)c1nc(Cl)nc2sc(C)cc12. The second-order valence-electron chi connectivity index (χ2n) is 4.81. The van der Waals surface area contributed by atoms with Crippen LogP contribution in [-0.4, -0.2) is 47.5 Å². The molecule has 0 radical (unpaired) electrons. The number of rotatable bonds is 5. The first-order valence-electron chi connectivity index (χ1n) is 6.88. The fourth-order valence-electron chi connectivity index (χ4n) is 2.25. The highest BCUT2D eigenvalue weighted by Gasteiger charge is 2.17. The fraction of sp³-hybridized carbons (Fsp3) is 0.500. The Morgan fingerprint density at radius 2 is 2.00 bits per heavy atom. The number of aromatic nitrogens is 2. The Morgan fingerprint density at radius 1 is 1.33 bits per heavy atom. The molecule has 5 nitrogen and oxygen atoms in total. The molecule has 114 valence electrons. The van der Waals surface area contributed by atoms with E-state index in [9.17, 15) is 4.79 Å². The average molecular weight is 327 g/mol. The van der Waals surface area contributed by atoms with Crippen LogP contribution in [0.1, 0.15) is 18.7 Å². The van der Waals surface area contributed by atoms with Gasteiger partial charge in [-0.15, -0.1) is 11.3 Å². The van der Waals surface area contributed by atoms with E-state index in [1.54, 1.807) is 16.2 Å². The second-order valence-corrected chi connectivity index (χ2v) is 6.39. The van der Waals surface area contributed by atoms with Crippen molar-refractivity contribution in [2.75, 3.05) is 31.6 Å². The summed E-state index contributed by atoms with van der Waals surface area (Å²) in [6, 6.07) is 2.03. The number of nitrogens with zero attached hydrogens (tertiary/aromatic N) is 4. The molecule has 0 bridgehead atoms. The maximum atomic E-state index is 12.2. The lowest BCUT2D eigenvalue weighted by molar-refractivity contribution is -0.129. The average Bonchev–Trinajstić information content (AvgIpc) is 2.78. The van der Waals surface area contributed by atoms with Gasteiger partial charge in [0, 0.05) is 25.0 Å². The van der Waals surface area contributed by atoms with Crippen molar-refractivity contribution in [2.45, 2.75) is 20.8 Å². The zero-order valence-electron chi connectivity index (χ0n) is 12.7. The quantitative estimate of drug-likeness (QED) is 0.793. The van der Waals surface area contributed by atoms with Gasteiger partial charge in [0.05, 0.1) is 11.9 Å². The molecule has 7 heteroatoms. The molecule has 0 saturated heterocycles. The molecule has 0 saturated carbocycles. The molecule has 0 aliphatic carbocycles. The molecular formula is C14H19ClN4OS. The van der Waals surface area contributed by atoms with Gasteiger partial charge in [-0.1, -0.05) is 0 Å². The van der Waals surface area contributed by atoms with E-state index in [0.29, 0.717) is 18.9 Å². The summed E-state index contributed by atoms with van der Waals surface area (Å²) in [5, 5.41) is 1.15. The molecule has 0 aliphatic heterocycles. The van der Waals surface area contributed by atoms with Crippen molar-refractivity contribution in [3.05, 3.63) is 16.2 Å². The molecule has 0 N–H and O–H groups in total. The van der Waals surface area contributed by atoms with Crippen LogP contribution in [-0.2, 0) is 4.79 Å².